The molecule has 0 aromatic heterocycles. The zero-order valence-electron chi connectivity index (χ0n) is 11.9. The van der Waals surface area contributed by atoms with Gasteiger partial charge in [-0.3, -0.25) is 9.69 Å². The van der Waals surface area contributed by atoms with Crippen molar-refractivity contribution >= 4 is 16.1 Å². The maximum atomic E-state index is 12.6. The van der Waals surface area contributed by atoms with Gasteiger partial charge in [0.05, 0.1) is 0 Å². The van der Waals surface area contributed by atoms with E-state index in [0.29, 0.717) is 32.7 Å². The third kappa shape index (κ3) is 2.34. The minimum absolute atomic E-state index is 0.0394. The van der Waals surface area contributed by atoms with E-state index < -0.39 is 10.2 Å². The molecule has 8 heteroatoms. The standard InChI is InChI=1S/C12H22N4O3S/c1-13-6-7-14-8-9-16(10-11(14)12(13)17)20(18,19)15-4-2-3-5-15/h11H,2-10H2,1H3/t11-/m1/s1. The molecule has 3 rings (SSSR count). The third-order valence-corrected chi connectivity index (χ3v) is 6.56. The van der Waals surface area contributed by atoms with Crippen LogP contribution in [0.3, 0.4) is 0 Å². The molecule has 7 nitrogen and oxygen atoms in total. The topological polar surface area (TPSA) is 64.2 Å². The maximum absolute atomic E-state index is 12.6. The Balaban J connectivity index is 1.75. The van der Waals surface area contributed by atoms with Crippen molar-refractivity contribution in [1.82, 2.24) is 18.4 Å². The molecule has 3 aliphatic heterocycles. The zero-order chi connectivity index (χ0) is 14.3. The average Bonchev–Trinajstić information content (AvgIpc) is 2.97. The van der Waals surface area contributed by atoms with Crippen molar-refractivity contribution in [1.29, 1.82) is 0 Å². The van der Waals surface area contributed by atoms with Gasteiger partial charge in [-0.2, -0.15) is 17.0 Å². The summed E-state index contributed by atoms with van der Waals surface area (Å²) >= 11 is 0. The van der Waals surface area contributed by atoms with E-state index >= 15 is 0 Å². The van der Waals surface area contributed by atoms with E-state index in [9.17, 15) is 13.2 Å². The molecule has 0 unspecified atom stereocenters. The molecular weight excluding hydrogens is 280 g/mol. The number of hydrogen-bond acceptors (Lipinski definition) is 4. The van der Waals surface area contributed by atoms with Crippen molar-refractivity contribution in [2.45, 2.75) is 18.9 Å². The highest BCUT2D eigenvalue weighted by molar-refractivity contribution is 7.86. The largest absolute Gasteiger partial charge is 0.343 e. The lowest BCUT2D eigenvalue weighted by Gasteiger charge is -2.45. The molecular formula is C12H22N4O3S. The van der Waals surface area contributed by atoms with Crippen LogP contribution in [-0.4, -0.2) is 91.6 Å². The van der Waals surface area contributed by atoms with Gasteiger partial charge in [0.2, 0.25) is 5.91 Å². The second-order valence-corrected chi connectivity index (χ2v) is 7.71. The van der Waals surface area contributed by atoms with Crippen LogP contribution in [0.4, 0.5) is 0 Å². The highest BCUT2D eigenvalue weighted by Gasteiger charge is 2.42. The van der Waals surface area contributed by atoms with Gasteiger partial charge in [-0.15, -0.1) is 0 Å². The van der Waals surface area contributed by atoms with Crippen molar-refractivity contribution in [2.75, 3.05) is 52.9 Å². The number of carbonyl (C=O) groups is 1. The quantitative estimate of drug-likeness (QED) is 0.642. The molecule has 0 radical (unpaired) electrons. The Hall–Kier alpha value is -0.700. The maximum Gasteiger partial charge on any atom is 0.282 e. The first-order valence-corrected chi connectivity index (χ1v) is 8.64. The summed E-state index contributed by atoms with van der Waals surface area (Å²) in [4.78, 5) is 16.0. The molecule has 114 valence electrons. The monoisotopic (exact) mass is 302 g/mol. The lowest BCUT2D eigenvalue weighted by atomic mass is 10.1. The van der Waals surface area contributed by atoms with E-state index in [4.69, 9.17) is 0 Å². The number of rotatable bonds is 2. The first kappa shape index (κ1) is 14.2. The Labute approximate surface area is 120 Å². The summed E-state index contributed by atoms with van der Waals surface area (Å²) in [5.41, 5.74) is 0. The van der Waals surface area contributed by atoms with Crippen molar-refractivity contribution in [2.24, 2.45) is 0 Å². The second kappa shape index (κ2) is 5.25. The Morgan fingerprint density at radius 3 is 2.30 bits per heavy atom. The minimum atomic E-state index is -3.38. The van der Waals surface area contributed by atoms with Crippen LogP contribution in [0, 0.1) is 0 Å². The van der Waals surface area contributed by atoms with Crippen LogP contribution in [0.15, 0.2) is 0 Å². The van der Waals surface area contributed by atoms with E-state index in [2.05, 4.69) is 4.90 Å². The molecule has 1 amide bonds. The van der Waals surface area contributed by atoms with Crippen LogP contribution < -0.4 is 0 Å². The van der Waals surface area contributed by atoms with Crippen LogP contribution in [0.25, 0.3) is 0 Å². The van der Waals surface area contributed by atoms with Crippen molar-refractivity contribution in [3.63, 3.8) is 0 Å². The Morgan fingerprint density at radius 2 is 1.60 bits per heavy atom. The predicted octanol–water partition coefficient (Wildman–Crippen LogP) is -1.21. The summed E-state index contributed by atoms with van der Waals surface area (Å²) < 4.78 is 28.2. The molecule has 0 bridgehead atoms. The summed E-state index contributed by atoms with van der Waals surface area (Å²) in [7, 11) is -1.60. The molecule has 3 saturated heterocycles. The number of amides is 1. The second-order valence-electron chi connectivity index (χ2n) is 5.78. The van der Waals surface area contributed by atoms with Gasteiger partial charge >= 0.3 is 0 Å². The van der Waals surface area contributed by atoms with Gasteiger partial charge in [-0.05, 0) is 12.8 Å². The van der Waals surface area contributed by atoms with E-state index in [1.54, 1.807) is 16.3 Å². The summed E-state index contributed by atoms with van der Waals surface area (Å²) in [6, 6.07) is -0.306. The molecule has 1 atom stereocenters. The fourth-order valence-electron chi connectivity index (χ4n) is 3.23. The number of piperazine rings is 2. The lowest BCUT2D eigenvalue weighted by Crippen LogP contribution is -2.65. The number of nitrogens with zero attached hydrogens (tertiary/aromatic N) is 4. The number of likely N-dealkylation sites (N-methyl/N-ethyl adjacent to an activating group) is 1. The molecule has 3 heterocycles. The molecule has 20 heavy (non-hydrogen) atoms. The summed E-state index contributed by atoms with van der Waals surface area (Å²) in [5.74, 6) is 0.0394. The number of fused-ring (bicyclic) bond motifs is 1. The minimum Gasteiger partial charge on any atom is -0.343 e. The van der Waals surface area contributed by atoms with Crippen molar-refractivity contribution in [3.05, 3.63) is 0 Å². The fourth-order valence-corrected chi connectivity index (χ4v) is 4.92. The first-order valence-electron chi connectivity index (χ1n) is 7.24. The highest BCUT2D eigenvalue weighted by Crippen LogP contribution is 2.22. The molecule has 3 aliphatic rings. The molecule has 0 spiro atoms. The van der Waals surface area contributed by atoms with Crippen LogP contribution >= 0.6 is 0 Å². The normalized spacial score (nSPS) is 30.8. The van der Waals surface area contributed by atoms with Crippen molar-refractivity contribution in [3.8, 4) is 0 Å². The van der Waals surface area contributed by atoms with E-state index in [0.717, 1.165) is 25.9 Å². The van der Waals surface area contributed by atoms with Gasteiger partial charge in [-0.25, -0.2) is 0 Å². The van der Waals surface area contributed by atoms with Gasteiger partial charge in [0.1, 0.15) is 6.04 Å². The summed E-state index contributed by atoms with van der Waals surface area (Å²) in [6.45, 7) is 4.23. The molecule has 0 N–H and O–H groups in total. The smallest absolute Gasteiger partial charge is 0.282 e. The van der Waals surface area contributed by atoms with Gasteiger partial charge in [0.25, 0.3) is 10.2 Å². The van der Waals surface area contributed by atoms with E-state index in [-0.39, 0.29) is 11.9 Å². The van der Waals surface area contributed by atoms with Gasteiger partial charge < -0.3 is 4.90 Å². The number of carbonyl (C=O) groups excluding carboxylic acids is 1. The lowest BCUT2D eigenvalue weighted by molar-refractivity contribution is -0.142. The zero-order valence-corrected chi connectivity index (χ0v) is 12.7. The molecule has 0 aromatic rings. The van der Waals surface area contributed by atoms with Gasteiger partial charge in [0.15, 0.2) is 0 Å². The van der Waals surface area contributed by atoms with Crippen molar-refractivity contribution < 1.29 is 13.2 Å². The predicted molar refractivity (Wildman–Crippen MR) is 74.3 cm³/mol. The summed E-state index contributed by atoms with van der Waals surface area (Å²) in [6.07, 6.45) is 1.87. The van der Waals surface area contributed by atoms with Crippen LogP contribution in [0.1, 0.15) is 12.8 Å². The van der Waals surface area contributed by atoms with E-state index in [1.165, 1.54) is 4.31 Å². The Kier molecular flexibility index (Phi) is 3.74. The van der Waals surface area contributed by atoms with Crippen LogP contribution in [-0.2, 0) is 15.0 Å². The molecule has 0 aromatic carbocycles. The van der Waals surface area contributed by atoms with Crippen LogP contribution in [0.2, 0.25) is 0 Å². The number of hydrogen-bond donors (Lipinski definition) is 0. The highest BCUT2D eigenvalue weighted by atomic mass is 32.2. The SMILES string of the molecule is CN1CCN2CCN(S(=O)(=O)N3CCCC3)C[C@@H]2C1=O. The molecule has 3 fully saturated rings. The van der Waals surface area contributed by atoms with E-state index in [1.807, 2.05) is 0 Å². The Bertz CT molecular complexity index is 489. The van der Waals surface area contributed by atoms with Gasteiger partial charge in [-0.1, -0.05) is 0 Å². The Morgan fingerprint density at radius 1 is 0.950 bits per heavy atom. The third-order valence-electron chi connectivity index (χ3n) is 4.56. The first-order chi connectivity index (χ1) is 9.50. The average molecular weight is 302 g/mol. The van der Waals surface area contributed by atoms with Crippen LogP contribution in [0.5, 0.6) is 0 Å². The summed E-state index contributed by atoms with van der Waals surface area (Å²) in [5, 5.41) is 0. The van der Waals surface area contributed by atoms with Gasteiger partial charge in [0, 0.05) is 52.9 Å². The molecule has 0 saturated carbocycles. The molecule has 0 aliphatic carbocycles. The fraction of sp³-hybridized carbons (Fsp3) is 0.917.